The fraction of sp³-hybridized carbons (Fsp3) is 0.632. The molecule has 1 atom stereocenters. The lowest BCUT2D eigenvalue weighted by Gasteiger charge is -2.38. The minimum Gasteiger partial charge on any atom is -0.375 e. The van der Waals surface area contributed by atoms with E-state index >= 15 is 0 Å². The largest absolute Gasteiger partial charge is 0.375 e. The number of rotatable bonds is 6. The molecule has 1 unspecified atom stereocenters. The summed E-state index contributed by atoms with van der Waals surface area (Å²) in [6, 6.07) is 5.15. The Morgan fingerprint density at radius 1 is 1.33 bits per heavy atom. The van der Waals surface area contributed by atoms with Gasteiger partial charge in [-0.15, -0.1) is 0 Å². The first-order chi connectivity index (χ1) is 12.9. The van der Waals surface area contributed by atoms with E-state index in [-0.39, 0.29) is 28.7 Å². The van der Waals surface area contributed by atoms with Crippen molar-refractivity contribution in [2.75, 3.05) is 33.4 Å². The second-order valence-electron chi connectivity index (χ2n) is 7.61. The van der Waals surface area contributed by atoms with Gasteiger partial charge in [-0.25, -0.2) is 12.8 Å². The Hall–Kier alpha value is -1.51. The Morgan fingerprint density at radius 2 is 2.07 bits per heavy atom. The van der Waals surface area contributed by atoms with Gasteiger partial charge in [0, 0.05) is 26.7 Å². The smallest absolute Gasteiger partial charge is 0.245 e. The zero-order valence-corrected chi connectivity index (χ0v) is 16.4. The van der Waals surface area contributed by atoms with Gasteiger partial charge in [0.05, 0.1) is 4.90 Å². The minimum absolute atomic E-state index is 0.00890. The minimum atomic E-state index is -3.76. The molecule has 8 heteroatoms. The average molecular weight is 399 g/mol. The maximum atomic E-state index is 13.5. The summed E-state index contributed by atoms with van der Waals surface area (Å²) < 4.78 is 46.0. The number of nitrogens with one attached hydrogen (secondary N) is 1. The molecule has 2 fully saturated rings. The van der Waals surface area contributed by atoms with Gasteiger partial charge in [0.1, 0.15) is 12.4 Å². The molecular weight excluding hydrogens is 371 g/mol. The predicted octanol–water partition coefficient (Wildman–Crippen LogP) is 2.16. The highest BCUT2D eigenvalue weighted by Crippen LogP contribution is 2.48. The standard InChI is InChI=1S/C19H27FN2O4S/c1-26-13-18(23)21-11-15-12-22(14-19(15)8-3-2-4-9-19)27(24,25)17-7-5-6-16(20)10-17/h5-7,10,15H,2-4,8-9,11-14H2,1H3,(H,21,23). The van der Waals surface area contributed by atoms with Gasteiger partial charge in [-0.3, -0.25) is 4.79 Å². The van der Waals surface area contributed by atoms with Crippen LogP contribution in [0.3, 0.4) is 0 Å². The summed E-state index contributed by atoms with van der Waals surface area (Å²) in [5, 5.41) is 2.87. The van der Waals surface area contributed by atoms with Crippen molar-refractivity contribution in [3.05, 3.63) is 30.1 Å². The number of hydrogen-bond acceptors (Lipinski definition) is 4. The van der Waals surface area contributed by atoms with E-state index in [4.69, 9.17) is 4.74 Å². The summed E-state index contributed by atoms with van der Waals surface area (Å²) in [4.78, 5) is 11.8. The number of methoxy groups -OCH3 is 1. The van der Waals surface area contributed by atoms with E-state index in [2.05, 4.69) is 5.32 Å². The molecule has 1 spiro atoms. The van der Waals surface area contributed by atoms with Crippen molar-refractivity contribution < 1.29 is 22.3 Å². The highest BCUT2D eigenvalue weighted by Gasteiger charge is 2.50. The molecule has 1 N–H and O–H groups in total. The molecule has 1 amide bonds. The molecule has 0 radical (unpaired) electrons. The zero-order valence-electron chi connectivity index (χ0n) is 15.6. The molecular formula is C19H27FN2O4S. The third-order valence-electron chi connectivity index (χ3n) is 5.89. The number of sulfonamides is 1. The van der Waals surface area contributed by atoms with Crippen LogP contribution in [0.5, 0.6) is 0 Å². The molecule has 150 valence electrons. The number of amides is 1. The van der Waals surface area contributed by atoms with Gasteiger partial charge in [0.15, 0.2) is 0 Å². The van der Waals surface area contributed by atoms with Crippen LogP contribution in [-0.4, -0.2) is 52.0 Å². The number of nitrogens with zero attached hydrogens (tertiary/aromatic N) is 1. The van der Waals surface area contributed by atoms with E-state index in [1.165, 1.54) is 29.6 Å². The molecule has 2 aliphatic rings. The number of carbonyl (C=O) groups excluding carboxylic acids is 1. The van der Waals surface area contributed by atoms with Gasteiger partial charge >= 0.3 is 0 Å². The van der Waals surface area contributed by atoms with Gasteiger partial charge in [-0.1, -0.05) is 25.3 Å². The first-order valence-corrected chi connectivity index (χ1v) is 10.8. The van der Waals surface area contributed by atoms with Gasteiger partial charge in [-0.2, -0.15) is 4.31 Å². The monoisotopic (exact) mass is 398 g/mol. The van der Waals surface area contributed by atoms with Crippen LogP contribution in [0.1, 0.15) is 32.1 Å². The molecule has 0 bridgehead atoms. The number of halogens is 1. The third kappa shape index (κ3) is 4.33. The Kier molecular flexibility index (Phi) is 6.18. The van der Waals surface area contributed by atoms with E-state index in [9.17, 15) is 17.6 Å². The first-order valence-electron chi connectivity index (χ1n) is 9.39. The second-order valence-corrected chi connectivity index (χ2v) is 9.55. The molecule has 1 heterocycles. The van der Waals surface area contributed by atoms with Gasteiger partial charge in [-0.05, 0) is 42.4 Å². The van der Waals surface area contributed by atoms with Crippen molar-refractivity contribution >= 4 is 15.9 Å². The molecule has 1 aliphatic carbocycles. The van der Waals surface area contributed by atoms with Crippen molar-refractivity contribution in [2.45, 2.75) is 37.0 Å². The van der Waals surface area contributed by atoms with Gasteiger partial charge in [0.2, 0.25) is 15.9 Å². The Balaban J connectivity index is 1.81. The molecule has 1 saturated carbocycles. The van der Waals surface area contributed by atoms with Crippen molar-refractivity contribution in [3.8, 4) is 0 Å². The molecule has 1 aromatic carbocycles. The van der Waals surface area contributed by atoms with E-state index in [1.807, 2.05) is 0 Å². The summed E-state index contributed by atoms with van der Waals surface area (Å²) in [6.07, 6.45) is 5.19. The van der Waals surface area contributed by atoms with Crippen LogP contribution in [0.15, 0.2) is 29.2 Å². The molecule has 1 aliphatic heterocycles. The molecule has 6 nitrogen and oxygen atoms in total. The Labute approximate surface area is 160 Å². The lowest BCUT2D eigenvalue weighted by Crippen LogP contribution is -2.40. The maximum Gasteiger partial charge on any atom is 0.245 e. The highest BCUT2D eigenvalue weighted by molar-refractivity contribution is 7.89. The number of benzene rings is 1. The van der Waals surface area contributed by atoms with Crippen molar-refractivity contribution in [1.82, 2.24) is 9.62 Å². The Morgan fingerprint density at radius 3 is 2.74 bits per heavy atom. The van der Waals surface area contributed by atoms with Crippen molar-refractivity contribution in [1.29, 1.82) is 0 Å². The lowest BCUT2D eigenvalue weighted by molar-refractivity contribution is -0.125. The number of hydrogen-bond donors (Lipinski definition) is 1. The quantitative estimate of drug-likeness (QED) is 0.797. The molecule has 0 aromatic heterocycles. The lowest BCUT2D eigenvalue weighted by atomic mass is 9.68. The van der Waals surface area contributed by atoms with Crippen LogP contribution in [0, 0.1) is 17.2 Å². The summed E-state index contributed by atoms with van der Waals surface area (Å²) in [7, 11) is -2.30. The summed E-state index contributed by atoms with van der Waals surface area (Å²) in [5.41, 5.74) is -0.126. The predicted molar refractivity (Wildman–Crippen MR) is 99.1 cm³/mol. The highest BCUT2D eigenvalue weighted by atomic mass is 32.2. The Bertz CT molecular complexity index is 778. The number of ether oxygens (including phenoxy) is 1. The fourth-order valence-electron chi connectivity index (χ4n) is 4.47. The molecule has 1 aromatic rings. The van der Waals surface area contributed by atoms with E-state index in [0.29, 0.717) is 19.6 Å². The van der Waals surface area contributed by atoms with Crippen molar-refractivity contribution in [2.24, 2.45) is 11.3 Å². The number of carbonyl (C=O) groups is 1. The maximum absolute atomic E-state index is 13.5. The van der Waals surface area contributed by atoms with Gasteiger partial charge in [0.25, 0.3) is 0 Å². The SMILES string of the molecule is COCC(=O)NCC1CN(S(=O)(=O)c2cccc(F)c2)CC12CCCCC2. The van der Waals surface area contributed by atoms with Crippen LogP contribution in [0.25, 0.3) is 0 Å². The van der Waals surface area contributed by atoms with Crippen LogP contribution < -0.4 is 5.32 Å². The summed E-state index contributed by atoms with van der Waals surface area (Å²) in [6.45, 7) is 1.19. The normalized spacial score (nSPS) is 22.8. The fourth-order valence-corrected chi connectivity index (χ4v) is 6.08. The van der Waals surface area contributed by atoms with Gasteiger partial charge < -0.3 is 10.1 Å². The second kappa shape index (κ2) is 8.24. The van der Waals surface area contributed by atoms with Crippen LogP contribution >= 0.6 is 0 Å². The topological polar surface area (TPSA) is 75.7 Å². The van der Waals surface area contributed by atoms with E-state index < -0.39 is 15.8 Å². The molecule has 3 rings (SSSR count). The van der Waals surface area contributed by atoms with Crippen LogP contribution in [0.4, 0.5) is 4.39 Å². The third-order valence-corrected chi connectivity index (χ3v) is 7.69. The average Bonchev–Trinajstić information content (AvgIpc) is 2.99. The molecule has 1 saturated heterocycles. The summed E-state index contributed by atoms with van der Waals surface area (Å²) >= 11 is 0. The van der Waals surface area contributed by atoms with E-state index in [0.717, 1.165) is 38.2 Å². The van der Waals surface area contributed by atoms with Crippen molar-refractivity contribution in [3.63, 3.8) is 0 Å². The van der Waals surface area contributed by atoms with E-state index in [1.54, 1.807) is 0 Å². The van der Waals surface area contributed by atoms with Crippen LogP contribution in [-0.2, 0) is 19.6 Å². The van der Waals surface area contributed by atoms with Crippen LogP contribution in [0.2, 0.25) is 0 Å². The summed E-state index contributed by atoms with van der Waals surface area (Å²) in [5.74, 6) is -0.720. The molecule has 27 heavy (non-hydrogen) atoms. The zero-order chi connectivity index (χ0) is 19.5. The first kappa shape index (κ1) is 20.2.